The van der Waals surface area contributed by atoms with Crippen LogP contribution in [-0.4, -0.2) is 24.5 Å². The Bertz CT molecular complexity index is 1050. The maximum absolute atomic E-state index is 13.7. The number of likely N-dealkylation sites (tertiary alicyclic amines) is 1. The predicted octanol–water partition coefficient (Wildman–Crippen LogP) is 6.57. The van der Waals surface area contributed by atoms with Gasteiger partial charge in [0.15, 0.2) is 0 Å². The molecule has 5 heteroatoms. The Morgan fingerprint density at radius 2 is 1.39 bits per heavy atom. The van der Waals surface area contributed by atoms with Gasteiger partial charge < -0.3 is 4.90 Å². The second-order valence-corrected chi connectivity index (χ2v) is 8.84. The van der Waals surface area contributed by atoms with Crippen LogP contribution in [0.25, 0.3) is 0 Å². The summed E-state index contributed by atoms with van der Waals surface area (Å²) in [6.45, 7) is 2.44. The molecule has 0 unspecified atom stereocenters. The summed E-state index contributed by atoms with van der Waals surface area (Å²) in [5, 5.41) is 9.87. The first-order valence-electron chi connectivity index (χ1n) is 11.4. The normalized spacial score (nSPS) is 16.0. The number of benzene rings is 3. The number of halogens is 3. The number of rotatable bonds is 7. The lowest BCUT2D eigenvalue weighted by Gasteiger charge is -2.37. The predicted molar refractivity (Wildman–Crippen MR) is 123 cm³/mol. The van der Waals surface area contributed by atoms with E-state index in [9.17, 15) is 18.4 Å². The van der Waals surface area contributed by atoms with Gasteiger partial charge in [0, 0.05) is 5.92 Å². The van der Waals surface area contributed by atoms with Gasteiger partial charge in [-0.25, -0.2) is 13.2 Å². The maximum atomic E-state index is 13.7. The van der Waals surface area contributed by atoms with E-state index in [1.165, 1.54) is 36.4 Å². The Kier molecular flexibility index (Phi) is 7.15. The Labute approximate surface area is 193 Å². The van der Waals surface area contributed by atoms with E-state index in [0.717, 1.165) is 49.2 Å². The summed E-state index contributed by atoms with van der Waals surface area (Å²) in [6.07, 6.45) is 3.11. The highest BCUT2D eigenvalue weighted by atomic mass is 19.1. The third-order valence-electron chi connectivity index (χ3n) is 6.81. The van der Waals surface area contributed by atoms with Gasteiger partial charge in [-0.1, -0.05) is 36.4 Å². The molecule has 4 rings (SSSR count). The fourth-order valence-corrected chi connectivity index (χ4v) is 4.84. The minimum atomic E-state index is -0.636. The number of nitrogens with zero attached hydrogens (tertiary/aromatic N) is 2. The summed E-state index contributed by atoms with van der Waals surface area (Å²) >= 11 is 0. The molecule has 0 N–H and O–H groups in total. The van der Waals surface area contributed by atoms with E-state index in [1.54, 1.807) is 30.3 Å². The lowest BCUT2D eigenvalue weighted by Crippen LogP contribution is -2.42. The van der Waals surface area contributed by atoms with Crippen molar-refractivity contribution < 1.29 is 13.2 Å². The zero-order chi connectivity index (χ0) is 23.3. The maximum Gasteiger partial charge on any atom is 0.123 e. The third kappa shape index (κ3) is 5.46. The van der Waals surface area contributed by atoms with Crippen molar-refractivity contribution in [1.82, 2.24) is 4.90 Å². The number of piperidine rings is 1. The van der Waals surface area contributed by atoms with Crippen LogP contribution in [0.2, 0.25) is 0 Å². The summed E-state index contributed by atoms with van der Waals surface area (Å²) in [5.41, 5.74) is 2.15. The molecule has 0 bridgehead atoms. The summed E-state index contributed by atoms with van der Waals surface area (Å²) in [6, 6.07) is 21.9. The number of hydrogen-bond acceptors (Lipinski definition) is 2. The second kappa shape index (κ2) is 10.2. The fraction of sp³-hybridized carbons (Fsp3) is 0.321. The molecule has 33 heavy (non-hydrogen) atoms. The van der Waals surface area contributed by atoms with Crippen molar-refractivity contribution in [1.29, 1.82) is 5.26 Å². The quantitative estimate of drug-likeness (QED) is 0.409. The summed E-state index contributed by atoms with van der Waals surface area (Å²) in [5.74, 6) is -0.799. The molecule has 170 valence electrons. The SMILES string of the molecule is N#CC1(c2cccc(F)c2)CCN(CCCC(c2ccc(F)cc2)c2ccc(F)cc2)CC1. The highest BCUT2D eigenvalue weighted by molar-refractivity contribution is 5.34. The Hall–Kier alpha value is -3.10. The topological polar surface area (TPSA) is 27.0 Å². The monoisotopic (exact) mass is 448 g/mol. The van der Waals surface area contributed by atoms with Crippen LogP contribution in [0.4, 0.5) is 13.2 Å². The molecule has 0 aliphatic carbocycles. The highest BCUT2D eigenvalue weighted by Crippen LogP contribution is 2.36. The smallest absolute Gasteiger partial charge is 0.123 e. The van der Waals surface area contributed by atoms with Gasteiger partial charge in [-0.15, -0.1) is 0 Å². The average Bonchev–Trinajstić information content (AvgIpc) is 2.84. The van der Waals surface area contributed by atoms with Crippen LogP contribution < -0.4 is 0 Å². The zero-order valence-corrected chi connectivity index (χ0v) is 18.5. The minimum Gasteiger partial charge on any atom is -0.303 e. The van der Waals surface area contributed by atoms with Crippen LogP contribution in [0.5, 0.6) is 0 Å². The third-order valence-corrected chi connectivity index (χ3v) is 6.81. The molecule has 1 aliphatic heterocycles. The molecule has 1 fully saturated rings. The van der Waals surface area contributed by atoms with Crippen LogP contribution in [0.15, 0.2) is 72.8 Å². The van der Waals surface area contributed by atoms with E-state index < -0.39 is 5.41 Å². The van der Waals surface area contributed by atoms with Gasteiger partial charge in [0.1, 0.15) is 17.5 Å². The lowest BCUT2D eigenvalue weighted by atomic mass is 9.74. The first-order valence-corrected chi connectivity index (χ1v) is 11.4. The molecule has 3 aromatic rings. The lowest BCUT2D eigenvalue weighted by molar-refractivity contribution is 0.182. The molecule has 2 nitrogen and oxygen atoms in total. The van der Waals surface area contributed by atoms with Gasteiger partial charge >= 0.3 is 0 Å². The molecular formula is C28H27F3N2. The fourth-order valence-electron chi connectivity index (χ4n) is 4.84. The molecule has 3 aromatic carbocycles. The minimum absolute atomic E-state index is 0.0569. The van der Waals surface area contributed by atoms with Crippen molar-refractivity contribution in [3.8, 4) is 6.07 Å². The number of nitriles is 1. The molecule has 0 aromatic heterocycles. The molecule has 0 amide bonds. The van der Waals surface area contributed by atoms with Gasteiger partial charge in [0.05, 0.1) is 11.5 Å². The standard InChI is InChI=1S/C28H27F3N2/c29-24-10-6-21(7-11-24)27(22-8-12-25(30)13-9-22)5-2-16-33-17-14-28(20-32,15-18-33)23-3-1-4-26(31)19-23/h1,3-4,6-13,19,27H,2,5,14-18H2. The Morgan fingerprint density at radius 1 is 0.818 bits per heavy atom. The second-order valence-electron chi connectivity index (χ2n) is 8.84. The van der Waals surface area contributed by atoms with Gasteiger partial charge in [-0.3, -0.25) is 0 Å². The van der Waals surface area contributed by atoms with Crippen molar-refractivity contribution in [2.24, 2.45) is 0 Å². The van der Waals surface area contributed by atoms with Crippen molar-refractivity contribution in [3.63, 3.8) is 0 Å². The van der Waals surface area contributed by atoms with E-state index in [4.69, 9.17) is 0 Å². The van der Waals surface area contributed by atoms with E-state index >= 15 is 0 Å². The van der Waals surface area contributed by atoms with Crippen LogP contribution in [0.3, 0.4) is 0 Å². The van der Waals surface area contributed by atoms with Crippen molar-refractivity contribution >= 4 is 0 Å². The Morgan fingerprint density at radius 3 is 1.91 bits per heavy atom. The van der Waals surface area contributed by atoms with E-state index in [-0.39, 0.29) is 23.4 Å². The van der Waals surface area contributed by atoms with Gasteiger partial charge in [0.2, 0.25) is 0 Å². The molecule has 1 saturated heterocycles. The van der Waals surface area contributed by atoms with Crippen LogP contribution >= 0.6 is 0 Å². The Balaban J connectivity index is 1.38. The van der Waals surface area contributed by atoms with E-state index in [2.05, 4.69) is 11.0 Å². The summed E-state index contributed by atoms with van der Waals surface area (Å²) in [7, 11) is 0. The van der Waals surface area contributed by atoms with E-state index in [1.807, 2.05) is 6.07 Å². The molecule has 0 saturated carbocycles. The molecular weight excluding hydrogens is 421 g/mol. The van der Waals surface area contributed by atoms with Crippen LogP contribution in [-0.2, 0) is 5.41 Å². The molecule has 0 spiro atoms. The van der Waals surface area contributed by atoms with Crippen molar-refractivity contribution in [3.05, 3.63) is 107 Å². The van der Waals surface area contributed by atoms with Gasteiger partial charge in [-0.05, 0) is 98.4 Å². The summed E-state index contributed by atoms with van der Waals surface area (Å²) < 4.78 is 40.6. The molecule has 1 aliphatic rings. The molecule has 0 atom stereocenters. The van der Waals surface area contributed by atoms with Crippen LogP contribution in [0, 0.1) is 28.8 Å². The van der Waals surface area contributed by atoms with Gasteiger partial charge in [0.25, 0.3) is 0 Å². The number of hydrogen-bond donors (Lipinski definition) is 0. The largest absolute Gasteiger partial charge is 0.303 e. The first kappa shape index (κ1) is 23.1. The van der Waals surface area contributed by atoms with Crippen LogP contribution in [0.1, 0.15) is 48.3 Å². The highest BCUT2D eigenvalue weighted by Gasteiger charge is 2.36. The molecule has 1 heterocycles. The van der Waals surface area contributed by atoms with Crippen molar-refractivity contribution in [2.75, 3.05) is 19.6 Å². The van der Waals surface area contributed by atoms with Crippen molar-refractivity contribution in [2.45, 2.75) is 37.0 Å². The molecule has 0 radical (unpaired) electrons. The first-order chi connectivity index (χ1) is 16.0. The zero-order valence-electron chi connectivity index (χ0n) is 18.5. The average molecular weight is 449 g/mol. The van der Waals surface area contributed by atoms with E-state index in [0.29, 0.717) is 12.8 Å². The summed E-state index contributed by atoms with van der Waals surface area (Å²) in [4.78, 5) is 2.35. The van der Waals surface area contributed by atoms with Gasteiger partial charge in [-0.2, -0.15) is 5.26 Å².